The van der Waals surface area contributed by atoms with Crippen LogP contribution in [0.15, 0.2) is 0 Å². The first-order valence-electron chi connectivity index (χ1n) is 6.76. The number of aliphatic hydroxyl groups is 1. The lowest BCUT2D eigenvalue weighted by atomic mass is 10.1. The molecule has 0 amide bonds. The quantitative estimate of drug-likeness (QED) is 0.292. The van der Waals surface area contributed by atoms with Gasteiger partial charge >= 0.3 is 30.8 Å². The first-order valence-corrected chi connectivity index (χ1v) is 13.8. The van der Waals surface area contributed by atoms with Gasteiger partial charge in [-0.1, -0.05) is 0 Å². The predicted octanol–water partition coefficient (Wildman–Crippen LogP) is 0.401. The van der Waals surface area contributed by atoms with Gasteiger partial charge in [-0.3, -0.25) is 18.2 Å². The predicted molar refractivity (Wildman–Crippen MR) is 84.5 cm³/mol. The average Bonchev–Trinajstić information content (AvgIpc) is 2.58. The minimum absolute atomic E-state index is 0.542. The summed E-state index contributed by atoms with van der Waals surface area (Å²) >= 11 is 0. The van der Waals surface area contributed by atoms with Gasteiger partial charge in [0.1, 0.15) is 18.3 Å². The monoisotopic (exact) mass is 464 g/mol. The summed E-state index contributed by atoms with van der Waals surface area (Å²) in [6.07, 6.45) is -4.96. The van der Waals surface area contributed by atoms with E-state index in [-0.39, 0.29) is 0 Å². The first-order chi connectivity index (χ1) is 11.4. The Morgan fingerprint density at radius 3 is 1.92 bits per heavy atom. The molecule has 0 spiro atoms. The Morgan fingerprint density at radius 1 is 0.923 bits per heavy atom. The van der Waals surface area contributed by atoms with E-state index < -0.39 is 61.9 Å². The molecule has 8 atom stereocenters. The Hall–Kier alpha value is 0.520. The van der Waals surface area contributed by atoms with Crippen LogP contribution in [0.25, 0.3) is 0 Å². The van der Waals surface area contributed by atoms with Crippen molar-refractivity contribution in [2.45, 2.75) is 31.3 Å². The zero-order chi connectivity index (χ0) is 20.6. The number of hydrogen-bond acceptors (Lipinski definition) is 10. The highest BCUT2D eigenvalue weighted by atomic mass is 31.3. The van der Waals surface area contributed by atoms with E-state index in [1.165, 1.54) is 6.92 Å². The molecule has 0 bridgehead atoms. The number of rotatable bonds is 9. The summed E-state index contributed by atoms with van der Waals surface area (Å²) in [5, 5.41) is 9.99. The summed E-state index contributed by atoms with van der Waals surface area (Å²) in [6, 6.07) is 0. The highest BCUT2D eigenvalue weighted by Crippen LogP contribution is 2.66. The van der Waals surface area contributed by atoms with Crippen molar-refractivity contribution >= 4 is 30.8 Å². The zero-order valence-electron chi connectivity index (χ0n) is 13.7. The largest absolute Gasteiger partial charge is 0.488 e. The smallest absolute Gasteiger partial charge is 0.387 e. The maximum absolute atomic E-state index is 11.6. The molecule has 1 heterocycles. The van der Waals surface area contributed by atoms with Gasteiger partial charge in [-0.15, -0.1) is 0 Å². The Kier molecular flexibility index (Phi) is 8.02. The summed E-state index contributed by atoms with van der Waals surface area (Å²) in [6.45, 7) is 1.98. The molecule has 26 heavy (non-hydrogen) atoms. The third-order valence-electron chi connectivity index (χ3n) is 2.75. The van der Waals surface area contributed by atoms with E-state index in [1.54, 1.807) is 0 Å². The molecule has 0 aromatic rings. The van der Waals surface area contributed by atoms with Crippen molar-refractivity contribution in [1.82, 2.24) is 0 Å². The topological polar surface area (TPSA) is 216 Å². The van der Waals surface area contributed by atoms with Crippen LogP contribution in [0.5, 0.6) is 0 Å². The molecule has 5 N–H and O–H groups in total. The van der Waals surface area contributed by atoms with Crippen LogP contribution in [0.4, 0.5) is 0 Å². The van der Waals surface area contributed by atoms with Crippen LogP contribution in [0.1, 0.15) is 6.92 Å². The molecular weight excluding hydrogens is 444 g/mol. The van der Waals surface area contributed by atoms with E-state index in [0.29, 0.717) is 6.66 Å². The standard InChI is InChI=1S/C8H20O14P4/c1-5-8(20-23(2,10)11)7(9)6(19-5)4-18-25(14,15)22-26(16,17)21-24(3,12)13/h5-9H,4H2,1-3H3,(H,10,11)(H,12,13)(H,14,15)(H,16,17)/t5-,6+,7-,8?/m0/s1. The molecule has 1 aliphatic heterocycles. The van der Waals surface area contributed by atoms with Crippen LogP contribution in [-0.4, -0.2) is 69.0 Å². The summed E-state index contributed by atoms with van der Waals surface area (Å²) in [4.78, 5) is 36.6. The summed E-state index contributed by atoms with van der Waals surface area (Å²) in [5.41, 5.74) is 0. The molecule has 1 aliphatic rings. The van der Waals surface area contributed by atoms with Crippen LogP contribution < -0.4 is 0 Å². The highest BCUT2D eigenvalue weighted by molar-refractivity contribution is 7.68. The number of hydrogen-bond donors (Lipinski definition) is 5. The molecule has 1 fully saturated rings. The van der Waals surface area contributed by atoms with Gasteiger partial charge in [0.15, 0.2) is 0 Å². The number of aliphatic hydroxyl groups excluding tert-OH is 1. The van der Waals surface area contributed by atoms with Crippen molar-refractivity contribution in [3.05, 3.63) is 0 Å². The van der Waals surface area contributed by atoms with Crippen molar-refractivity contribution in [1.29, 1.82) is 0 Å². The minimum Gasteiger partial charge on any atom is -0.387 e. The third kappa shape index (κ3) is 8.68. The van der Waals surface area contributed by atoms with Gasteiger partial charge in [-0.2, -0.15) is 4.31 Å². The molecule has 5 unspecified atom stereocenters. The minimum atomic E-state index is -5.41. The van der Waals surface area contributed by atoms with E-state index in [0.717, 1.165) is 6.66 Å². The van der Waals surface area contributed by atoms with Crippen LogP contribution in [0.2, 0.25) is 0 Å². The highest BCUT2D eigenvalue weighted by Gasteiger charge is 2.46. The maximum atomic E-state index is 11.6. The molecular formula is C8H20O14P4. The molecule has 156 valence electrons. The van der Waals surface area contributed by atoms with E-state index in [9.17, 15) is 33.2 Å². The Balaban J connectivity index is 2.68. The number of phosphoric acid groups is 2. The van der Waals surface area contributed by atoms with Crippen molar-refractivity contribution in [2.24, 2.45) is 0 Å². The summed E-state index contributed by atoms with van der Waals surface area (Å²) in [7, 11) is -19.2. The third-order valence-corrected chi connectivity index (χ3v) is 7.55. The molecule has 0 saturated carbocycles. The molecule has 0 aromatic heterocycles. The second kappa shape index (κ2) is 8.49. The van der Waals surface area contributed by atoms with E-state index >= 15 is 0 Å². The fourth-order valence-electron chi connectivity index (χ4n) is 1.96. The van der Waals surface area contributed by atoms with Gasteiger partial charge in [0.25, 0.3) is 0 Å². The van der Waals surface area contributed by atoms with Crippen molar-refractivity contribution < 1.29 is 65.3 Å². The van der Waals surface area contributed by atoms with Crippen molar-refractivity contribution in [2.75, 3.05) is 19.9 Å². The fraction of sp³-hybridized carbons (Fsp3) is 1.00. The van der Waals surface area contributed by atoms with Gasteiger partial charge in [0.2, 0.25) is 0 Å². The van der Waals surface area contributed by atoms with Gasteiger partial charge in [-0.05, 0) is 6.92 Å². The molecule has 1 saturated heterocycles. The van der Waals surface area contributed by atoms with Crippen molar-refractivity contribution in [3.8, 4) is 0 Å². The van der Waals surface area contributed by atoms with E-state index in [2.05, 4.69) is 13.1 Å². The summed E-state index contributed by atoms with van der Waals surface area (Å²) in [5.74, 6) is 0. The molecule has 14 nitrogen and oxygen atoms in total. The van der Waals surface area contributed by atoms with Gasteiger partial charge in [0.05, 0.1) is 12.7 Å². The molecule has 0 radical (unpaired) electrons. The summed E-state index contributed by atoms with van der Waals surface area (Å²) < 4.78 is 67.1. The molecule has 1 rings (SSSR count). The molecule has 0 aliphatic carbocycles. The van der Waals surface area contributed by atoms with Crippen LogP contribution >= 0.6 is 30.8 Å². The second-order valence-electron chi connectivity index (χ2n) is 5.44. The second-order valence-corrected chi connectivity index (χ2v) is 12.3. The van der Waals surface area contributed by atoms with Gasteiger partial charge < -0.3 is 29.4 Å². The Bertz CT molecular complexity index is 680. The Morgan fingerprint density at radius 2 is 1.46 bits per heavy atom. The van der Waals surface area contributed by atoms with Crippen LogP contribution in [0, 0.1) is 0 Å². The average molecular weight is 464 g/mol. The first kappa shape index (κ1) is 24.6. The number of ether oxygens (including phenoxy) is 1. The lowest BCUT2D eigenvalue weighted by Crippen LogP contribution is -2.35. The molecule has 0 aromatic carbocycles. The molecule has 18 heteroatoms. The Labute approximate surface area is 148 Å². The maximum Gasteiger partial charge on any atom is 0.488 e. The normalized spacial score (nSPS) is 35.8. The fourth-order valence-corrected chi connectivity index (χ4v) is 6.20. The lowest BCUT2D eigenvalue weighted by Gasteiger charge is -2.21. The zero-order valence-corrected chi connectivity index (χ0v) is 17.3. The van der Waals surface area contributed by atoms with Crippen LogP contribution in [-0.2, 0) is 40.7 Å². The number of phosphoric ester groups is 1. The van der Waals surface area contributed by atoms with Crippen LogP contribution in [0.3, 0.4) is 0 Å². The SMILES string of the molecule is C[C@@H]1O[C@H](COP(=O)(O)OP(=O)(O)OP(C)(=O)O)[C@H](O)C1OP(C)(=O)O. The van der Waals surface area contributed by atoms with Gasteiger partial charge in [-0.25, -0.2) is 13.4 Å². The van der Waals surface area contributed by atoms with E-state index in [4.69, 9.17) is 19.0 Å². The lowest BCUT2D eigenvalue weighted by molar-refractivity contribution is -0.0168. The van der Waals surface area contributed by atoms with Gasteiger partial charge in [0, 0.05) is 13.3 Å². The van der Waals surface area contributed by atoms with Crippen molar-refractivity contribution in [3.63, 3.8) is 0 Å². The van der Waals surface area contributed by atoms with E-state index in [1.807, 2.05) is 0 Å².